The van der Waals surface area contributed by atoms with Gasteiger partial charge in [-0.2, -0.15) is 0 Å². The molecule has 0 heterocycles. The fourth-order valence-electron chi connectivity index (χ4n) is 2.35. The summed E-state index contributed by atoms with van der Waals surface area (Å²) in [6.07, 6.45) is 0. The van der Waals surface area contributed by atoms with Gasteiger partial charge in [-0.05, 0) is 30.7 Å². The fourth-order valence-corrected chi connectivity index (χ4v) is 2.58. The number of carbonyl (C=O) groups excluding carboxylic acids is 2. The summed E-state index contributed by atoms with van der Waals surface area (Å²) in [5, 5.41) is 3.23. The third kappa shape index (κ3) is 5.04. The molecule has 0 bridgehead atoms. The van der Waals surface area contributed by atoms with Crippen LogP contribution in [0.5, 0.6) is 17.2 Å². The number of benzene rings is 2. The molecule has 2 aromatic carbocycles. The Kier molecular flexibility index (Phi) is 6.90. The van der Waals surface area contributed by atoms with Crippen molar-refractivity contribution in [3.05, 3.63) is 46.5 Å². The van der Waals surface area contributed by atoms with Crippen LogP contribution in [0.3, 0.4) is 0 Å². The summed E-state index contributed by atoms with van der Waals surface area (Å²) in [5.74, 6) is -0.219. The summed E-state index contributed by atoms with van der Waals surface area (Å²) in [5.41, 5.74) is 1.50. The minimum absolute atomic E-state index is 0.116. The topological polar surface area (TPSA) is 83.1 Å². The average molecular weight is 394 g/mol. The number of ether oxygens (including phenoxy) is 4. The molecule has 0 aliphatic rings. The van der Waals surface area contributed by atoms with Crippen molar-refractivity contribution in [3.63, 3.8) is 0 Å². The Hall–Kier alpha value is -2.93. The molecule has 0 aliphatic heterocycles. The van der Waals surface area contributed by atoms with Crippen LogP contribution in [-0.4, -0.2) is 39.8 Å². The van der Waals surface area contributed by atoms with E-state index < -0.39 is 18.5 Å². The Morgan fingerprint density at radius 3 is 2.19 bits per heavy atom. The van der Waals surface area contributed by atoms with E-state index >= 15 is 0 Å². The summed E-state index contributed by atoms with van der Waals surface area (Å²) >= 11 is 5.89. The number of amides is 1. The fraction of sp³-hybridized carbons (Fsp3) is 0.263. The lowest BCUT2D eigenvalue weighted by molar-refractivity contribution is -0.119. The maximum atomic E-state index is 12.4. The van der Waals surface area contributed by atoms with Crippen LogP contribution in [0.15, 0.2) is 30.3 Å². The van der Waals surface area contributed by atoms with E-state index in [1.807, 2.05) is 6.92 Å². The van der Waals surface area contributed by atoms with E-state index in [1.54, 1.807) is 18.2 Å². The third-order valence-corrected chi connectivity index (χ3v) is 3.96. The van der Waals surface area contributed by atoms with E-state index in [0.29, 0.717) is 22.2 Å². The third-order valence-electron chi connectivity index (χ3n) is 3.72. The monoisotopic (exact) mass is 393 g/mol. The molecule has 0 aromatic heterocycles. The van der Waals surface area contributed by atoms with Crippen molar-refractivity contribution in [2.45, 2.75) is 6.92 Å². The minimum Gasteiger partial charge on any atom is -0.496 e. The van der Waals surface area contributed by atoms with E-state index in [1.165, 1.54) is 33.5 Å². The number of hydrogen-bond donors (Lipinski definition) is 1. The van der Waals surface area contributed by atoms with E-state index in [2.05, 4.69) is 5.32 Å². The Morgan fingerprint density at radius 2 is 1.59 bits per heavy atom. The molecule has 0 aliphatic carbocycles. The molecule has 2 rings (SSSR count). The van der Waals surface area contributed by atoms with Crippen LogP contribution >= 0.6 is 11.6 Å². The molecule has 0 saturated heterocycles. The molecular weight excluding hydrogens is 374 g/mol. The Bertz CT molecular complexity index is 852. The average Bonchev–Trinajstić information content (AvgIpc) is 2.67. The first-order chi connectivity index (χ1) is 12.9. The van der Waals surface area contributed by atoms with Gasteiger partial charge in [-0.3, -0.25) is 4.79 Å². The highest BCUT2D eigenvalue weighted by atomic mass is 35.5. The first-order valence-electron chi connectivity index (χ1n) is 7.92. The molecule has 0 atom stereocenters. The molecule has 1 amide bonds. The summed E-state index contributed by atoms with van der Waals surface area (Å²) in [4.78, 5) is 24.4. The zero-order valence-electron chi connectivity index (χ0n) is 15.4. The first kappa shape index (κ1) is 20.4. The largest absolute Gasteiger partial charge is 0.496 e. The lowest BCUT2D eigenvalue weighted by Gasteiger charge is -2.14. The van der Waals surface area contributed by atoms with Gasteiger partial charge in [-0.25, -0.2) is 4.79 Å². The Balaban J connectivity index is 2.07. The second-order valence-electron chi connectivity index (χ2n) is 5.49. The maximum Gasteiger partial charge on any atom is 0.342 e. The van der Waals surface area contributed by atoms with Gasteiger partial charge in [0.05, 0.1) is 21.3 Å². The van der Waals surface area contributed by atoms with Gasteiger partial charge >= 0.3 is 5.97 Å². The molecule has 0 fully saturated rings. The second-order valence-corrected chi connectivity index (χ2v) is 5.93. The minimum atomic E-state index is -0.726. The maximum absolute atomic E-state index is 12.4. The van der Waals surface area contributed by atoms with Gasteiger partial charge < -0.3 is 24.3 Å². The summed E-state index contributed by atoms with van der Waals surface area (Å²) < 4.78 is 20.6. The number of hydrogen-bond acceptors (Lipinski definition) is 6. The van der Waals surface area contributed by atoms with Gasteiger partial charge in [0.15, 0.2) is 18.1 Å². The number of rotatable bonds is 7. The van der Waals surface area contributed by atoms with Crippen molar-refractivity contribution in [1.82, 2.24) is 0 Å². The van der Waals surface area contributed by atoms with Gasteiger partial charge in [0.2, 0.25) is 0 Å². The number of halogens is 1. The molecule has 0 unspecified atom stereocenters. The van der Waals surface area contributed by atoms with Crippen LogP contribution in [-0.2, 0) is 9.53 Å². The van der Waals surface area contributed by atoms with Gasteiger partial charge in [0.1, 0.15) is 11.3 Å². The second kappa shape index (κ2) is 9.14. The lowest BCUT2D eigenvalue weighted by Crippen LogP contribution is -2.21. The summed E-state index contributed by atoms with van der Waals surface area (Å²) in [6.45, 7) is 1.35. The summed E-state index contributed by atoms with van der Waals surface area (Å²) in [7, 11) is 4.33. The molecule has 8 heteroatoms. The Labute approximate surface area is 162 Å². The van der Waals surface area contributed by atoms with Crippen LogP contribution in [0.1, 0.15) is 15.9 Å². The van der Waals surface area contributed by atoms with Gasteiger partial charge in [0.25, 0.3) is 5.91 Å². The van der Waals surface area contributed by atoms with Crippen LogP contribution in [0.25, 0.3) is 0 Å². The predicted octanol–water partition coefficient (Wildman–Crippen LogP) is 3.47. The van der Waals surface area contributed by atoms with Crippen molar-refractivity contribution < 1.29 is 28.5 Å². The van der Waals surface area contributed by atoms with Gasteiger partial charge in [-0.1, -0.05) is 11.6 Å². The van der Waals surface area contributed by atoms with Crippen molar-refractivity contribution in [2.24, 2.45) is 0 Å². The van der Waals surface area contributed by atoms with E-state index in [0.717, 1.165) is 5.56 Å². The first-order valence-corrected chi connectivity index (χ1v) is 8.30. The van der Waals surface area contributed by atoms with Crippen LogP contribution in [0.4, 0.5) is 5.69 Å². The molecule has 0 radical (unpaired) electrons. The zero-order chi connectivity index (χ0) is 20.0. The number of carbonyl (C=O) groups is 2. The standard InChI is InChI=1S/C19H20ClNO6/c1-11-7-12(20)5-6-14(11)21-18(22)10-27-19(23)13-8-16(25-3)17(26-4)9-15(13)24-2/h5-9H,10H2,1-4H3,(H,21,22). The molecule has 0 spiro atoms. The number of nitrogens with one attached hydrogen (secondary N) is 1. The number of aryl methyl sites for hydroxylation is 1. The molecule has 27 heavy (non-hydrogen) atoms. The highest BCUT2D eigenvalue weighted by Crippen LogP contribution is 2.34. The van der Waals surface area contributed by atoms with Crippen molar-refractivity contribution in [2.75, 3.05) is 33.3 Å². The summed E-state index contributed by atoms with van der Waals surface area (Å²) in [6, 6.07) is 7.99. The molecule has 144 valence electrons. The van der Waals surface area contributed by atoms with E-state index in [-0.39, 0.29) is 11.3 Å². The quantitative estimate of drug-likeness (QED) is 0.725. The SMILES string of the molecule is COc1cc(OC)c(C(=O)OCC(=O)Nc2ccc(Cl)cc2C)cc1OC. The zero-order valence-corrected chi connectivity index (χ0v) is 16.2. The lowest BCUT2D eigenvalue weighted by atomic mass is 10.1. The Morgan fingerprint density at radius 1 is 0.963 bits per heavy atom. The molecule has 1 N–H and O–H groups in total. The smallest absolute Gasteiger partial charge is 0.342 e. The molecule has 7 nitrogen and oxygen atoms in total. The predicted molar refractivity (Wildman–Crippen MR) is 101 cm³/mol. The van der Waals surface area contributed by atoms with Crippen molar-refractivity contribution in [3.8, 4) is 17.2 Å². The normalized spacial score (nSPS) is 10.1. The van der Waals surface area contributed by atoms with Crippen LogP contribution < -0.4 is 19.5 Å². The van der Waals surface area contributed by atoms with Gasteiger partial charge in [-0.15, -0.1) is 0 Å². The van der Waals surface area contributed by atoms with Gasteiger partial charge in [0, 0.05) is 22.8 Å². The van der Waals surface area contributed by atoms with Crippen LogP contribution in [0.2, 0.25) is 5.02 Å². The highest BCUT2D eigenvalue weighted by Gasteiger charge is 2.20. The van der Waals surface area contributed by atoms with Crippen LogP contribution in [0, 0.1) is 6.92 Å². The molecule has 0 saturated carbocycles. The number of esters is 1. The van der Waals surface area contributed by atoms with E-state index in [4.69, 9.17) is 30.5 Å². The molecule has 2 aromatic rings. The van der Waals surface area contributed by atoms with E-state index in [9.17, 15) is 9.59 Å². The highest BCUT2D eigenvalue weighted by molar-refractivity contribution is 6.30. The molecular formula is C19H20ClNO6. The number of anilines is 1. The van der Waals surface area contributed by atoms with Crippen molar-refractivity contribution in [1.29, 1.82) is 0 Å². The van der Waals surface area contributed by atoms with Crippen molar-refractivity contribution >= 4 is 29.2 Å². The number of methoxy groups -OCH3 is 3.